The van der Waals surface area contributed by atoms with Gasteiger partial charge in [0.05, 0.1) is 23.7 Å². The lowest BCUT2D eigenvalue weighted by atomic mass is 9.81. The van der Waals surface area contributed by atoms with Gasteiger partial charge in [-0.15, -0.1) is 11.8 Å². The third-order valence-corrected chi connectivity index (χ3v) is 7.18. The summed E-state index contributed by atoms with van der Waals surface area (Å²) in [5.74, 6) is 2.80. The first-order valence-corrected chi connectivity index (χ1v) is 11.6. The Labute approximate surface area is 182 Å². The van der Waals surface area contributed by atoms with Crippen LogP contribution in [0.25, 0.3) is 11.4 Å². The summed E-state index contributed by atoms with van der Waals surface area (Å²) in [5, 5.41) is 5.35. The molecular formula is C22H29N5O2S. The third kappa shape index (κ3) is 4.39. The minimum Gasteiger partial charge on any atom is -0.378 e. The molecule has 30 heavy (non-hydrogen) atoms. The summed E-state index contributed by atoms with van der Waals surface area (Å²) in [6, 6.07) is 9.66. The number of amides is 2. The van der Waals surface area contributed by atoms with E-state index in [0.717, 1.165) is 60.6 Å². The largest absolute Gasteiger partial charge is 0.378 e. The van der Waals surface area contributed by atoms with E-state index in [-0.39, 0.29) is 10.8 Å². The molecule has 160 valence electrons. The zero-order chi connectivity index (χ0) is 21.0. The molecule has 0 bridgehead atoms. The molecule has 2 fully saturated rings. The van der Waals surface area contributed by atoms with Gasteiger partial charge in [0.2, 0.25) is 0 Å². The van der Waals surface area contributed by atoms with Gasteiger partial charge in [-0.2, -0.15) is 0 Å². The molecular weight excluding hydrogens is 398 g/mol. The Balaban J connectivity index is 1.69. The first-order chi connectivity index (χ1) is 14.6. The first-order valence-electron chi connectivity index (χ1n) is 10.6. The van der Waals surface area contributed by atoms with Crippen LogP contribution in [-0.2, 0) is 9.48 Å². The van der Waals surface area contributed by atoms with Crippen molar-refractivity contribution < 1.29 is 9.53 Å². The fraction of sp³-hybridized carbons (Fsp3) is 0.500. The zero-order valence-electron chi connectivity index (χ0n) is 17.6. The Morgan fingerprint density at radius 1 is 1.20 bits per heavy atom. The van der Waals surface area contributed by atoms with E-state index in [2.05, 4.69) is 28.5 Å². The van der Waals surface area contributed by atoms with E-state index < -0.39 is 0 Å². The summed E-state index contributed by atoms with van der Waals surface area (Å²) >= 11 is 2.00. The number of carbonyl (C=O) groups excluding carboxylic acids is 1. The van der Waals surface area contributed by atoms with Gasteiger partial charge < -0.3 is 20.3 Å². The average molecular weight is 428 g/mol. The monoisotopic (exact) mass is 427 g/mol. The molecule has 0 spiro atoms. The number of thioether (sulfide) groups is 1. The SMILES string of the molecule is CCSC1(c2cc(N3CCOCC3)nc(-c3ccc(NC(=O)NC)cc3)n2)CCC1. The van der Waals surface area contributed by atoms with Crippen LogP contribution in [0.1, 0.15) is 31.9 Å². The van der Waals surface area contributed by atoms with Crippen LogP contribution in [0.3, 0.4) is 0 Å². The summed E-state index contributed by atoms with van der Waals surface area (Å²) in [5.41, 5.74) is 2.82. The summed E-state index contributed by atoms with van der Waals surface area (Å²) < 4.78 is 5.64. The number of benzene rings is 1. The fourth-order valence-corrected chi connectivity index (χ4v) is 5.28. The first kappa shape index (κ1) is 20.9. The van der Waals surface area contributed by atoms with Gasteiger partial charge >= 0.3 is 6.03 Å². The molecule has 7 nitrogen and oxygen atoms in total. The molecule has 1 saturated carbocycles. The van der Waals surface area contributed by atoms with Crippen LogP contribution in [0.15, 0.2) is 30.3 Å². The van der Waals surface area contributed by atoms with E-state index in [0.29, 0.717) is 0 Å². The van der Waals surface area contributed by atoms with E-state index in [1.807, 2.05) is 36.0 Å². The number of nitrogens with zero attached hydrogens (tertiary/aromatic N) is 3. The number of ether oxygens (including phenoxy) is 1. The van der Waals surface area contributed by atoms with Crippen LogP contribution >= 0.6 is 11.8 Å². The predicted molar refractivity (Wildman–Crippen MR) is 122 cm³/mol. The molecule has 0 unspecified atom stereocenters. The Hall–Kier alpha value is -2.32. The summed E-state index contributed by atoms with van der Waals surface area (Å²) in [6.45, 7) is 5.36. The number of hydrogen-bond acceptors (Lipinski definition) is 6. The van der Waals surface area contributed by atoms with E-state index >= 15 is 0 Å². The van der Waals surface area contributed by atoms with Crippen LogP contribution < -0.4 is 15.5 Å². The molecule has 0 radical (unpaired) electrons. The molecule has 2 aromatic rings. The van der Waals surface area contributed by atoms with Gasteiger partial charge in [-0.05, 0) is 49.3 Å². The van der Waals surface area contributed by atoms with Crippen molar-refractivity contribution in [2.75, 3.05) is 49.3 Å². The lowest BCUT2D eigenvalue weighted by Crippen LogP contribution is -2.38. The van der Waals surface area contributed by atoms with Crippen molar-refractivity contribution in [1.29, 1.82) is 0 Å². The maximum absolute atomic E-state index is 11.5. The van der Waals surface area contributed by atoms with Crippen LogP contribution in [0.2, 0.25) is 0 Å². The quantitative estimate of drug-likeness (QED) is 0.729. The van der Waals surface area contributed by atoms with Gasteiger partial charge in [0.1, 0.15) is 5.82 Å². The summed E-state index contributed by atoms with van der Waals surface area (Å²) in [7, 11) is 1.60. The van der Waals surface area contributed by atoms with Crippen molar-refractivity contribution in [2.45, 2.75) is 30.9 Å². The molecule has 4 rings (SSSR count). The molecule has 1 aliphatic carbocycles. The molecule has 1 saturated heterocycles. The second kappa shape index (κ2) is 9.22. The highest BCUT2D eigenvalue weighted by molar-refractivity contribution is 8.00. The van der Waals surface area contributed by atoms with Crippen molar-refractivity contribution in [2.24, 2.45) is 0 Å². The molecule has 2 heterocycles. The highest BCUT2D eigenvalue weighted by Crippen LogP contribution is 2.52. The molecule has 2 amide bonds. The van der Waals surface area contributed by atoms with Gasteiger partial charge in [-0.1, -0.05) is 6.92 Å². The highest BCUT2D eigenvalue weighted by atomic mass is 32.2. The van der Waals surface area contributed by atoms with E-state index in [1.165, 1.54) is 19.3 Å². The van der Waals surface area contributed by atoms with E-state index in [4.69, 9.17) is 14.7 Å². The Morgan fingerprint density at radius 2 is 1.93 bits per heavy atom. The topological polar surface area (TPSA) is 79.4 Å². The molecule has 0 atom stereocenters. The molecule has 8 heteroatoms. The molecule has 1 aliphatic heterocycles. The number of aromatic nitrogens is 2. The number of urea groups is 1. The van der Waals surface area contributed by atoms with E-state index in [9.17, 15) is 4.79 Å². The number of nitrogens with one attached hydrogen (secondary N) is 2. The average Bonchev–Trinajstić information content (AvgIpc) is 2.77. The van der Waals surface area contributed by atoms with Crippen molar-refractivity contribution in [3.05, 3.63) is 36.0 Å². The smallest absolute Gasteiger partial charge is 0.318 e. The second-order valence-corrected chi connectivity index (χ2v) is 9.24. The van der Waals surface area contributed by atoms with Crippen LogP contribution in [0.4, 0.5) is 16.3 Å². The highest BCUT2D eigenvalue weighted by Gasteiger charge is 2.41. The van der Waals surface area contributed by atoms with Crippen LogP contribution in [-0.4, -0.2) is 55.1 Å². The number of anilines is 2. The lowest BCUT2D eigenvalue weighted by molar-refractivity contribution is 0.122. The number of rotatable bonds is 6. The van der Waals surface area contributed by atoms with Crippen molar-refractivity contribution in [3.63, 3.8) is 0 Å². The zero-order valence-corrected chi connectivity index (χ0v) is 18.4. The van der Waals surface area contributed by atoms with E-state index in [1.54, 1.807) is 7.05 Å². The maximum atomic E-state index is 11.5. The van der Waals surface area contributed by atoms with Gasteiger partial charge in [0.25, 0.3) is 0 Å². The standard InChI is InChI=1S/C22H29N5O2S/c1-3-30-22(9-4-10-22)18-15-19(27-11-13-29-14-12-27)26-20(25-18)16-5-7-17(8-6-16)24-21(28)23-2/h5-8,15H,3-4,9-14H2,1-2H3,(H2,23,24,28). The maximum Gasteiger partial charge on any atom is 0.318 e. The summed E-state index contributed by atoms with van der Waals surface area (Å²) in [4.78, 5) is 23.8. The molecule has 2 aliphatic rings. The second-order valence-electron chi connectivity index (χ2n) is 7.60. The minimum atomic E-state index is -0.237. The molecule has 1 aromatic heterocycles. The number of morpholine rings is 1. The van der Waals surface area contributed by atoms with Gasteiger partial charge in [-0.25, -0.2) is 14.8 Å². The molecule has 1 aromatic carbocycles. The summed E-state index contributed by atoms with van der Waals surface area (Å²) in [6.07, 6.45) is 3.58. The Bertz CT molecular complexity index is 880. The number of carbonyl (C=O) groups is 1. The van der Waals surface area contributed by atoms with Crippen molar-refractivity contribution >= 4 is 29.3 Å². The lowest BCUT2D eigenvalue weighted by Gasteiger charge is -2.41. The van der Waals surface area contributed by atoms with Crippen LogP contribution in [0.5, 0.6) is 0 Å². The normalized spacial score (nSPS) is 17.9. The van der Waals surface area contributed by atoms with Gasteiger partial charge in [-0.3, -0.25) is 0 Å². The number of hydrogen-bond donors (Lipinski definition) is 2. The van der Waals surface area contributed by atoms with Gasteiger partial charge in [0, 0.05) is 37.5 Å². The molecule has 2 N–H and O–H groups in total. The minimum absolute atomic E-state index is 0.105. The van der Waals surface area contributed by atoms with Gasteiger partial charge in [0.15, 0.2) is 5.82 Å². The van der Waals surface area contributed by atoms with Crippen molar-refractivity contribution in [3.8, 4) is 11.4 Å². The predicted octanol–water partition coefficient (Wildman–Crippen LogP) is 3.86. The third-order valence-electron chi connectivity index (χ3n) is 5.72. The Morgan fingerprint density at radius 3 is 2.53 bits per heavy atom. The van der Waals surface area contributed by atoms with Crippen LogP contribution in [0, 0.1) is 0 Å². The Kier molecular flexibility index (Phi) is 6.43. The van der Waals surface area contributed by atoms with Crippen molar-refractivity contribution in [1.82, 2.24) is 15.3 Å². The fourth-order valence-electron chi connectivity index (χ4n) is 3.90.